The van der Waals surface area contributed by atoms with Crippen LogP contribution in [0.2, 0.25) is 0 Å². The van der Waals surface area contributed by atoms with Crippen LogP contribution in [0.3, 0.4) is 0 Å². The minimum atomic E-state index is 1.16. The molecule has 0 atom stereocenters. The van der Waals surface area contributed by atoms with Crippen molar-refractivity contribution < 1.29 is 0 Å². The molecular formula is C16H8Br2. The summed E-state index contributed by atoms with van der Waals surface area (Å²) in [5.41, 5.74) is 0. The lowest BCUT2D eigenvalue weighted by molar-refractivity contribution is 1.73. The third-order valence-electron chi connectivity index (χ3n) is 3.54. The van der Waals surface area contributed by atoms with Gasteiger partial charge in [0.2, 0.25) is 0 Å². The van der Waals surface area contributed by atoms with Crippen molar-refractivity contribution in [1.29, 1.82) is 0 Å². The zero-order chi connectivity index (χ0) is 12.3. The third-order valence-corrected chi connectivity index (χ3v) is 4.89. The van der Waals surface area contributed by atoms with Crippen LogP contribution in [0.1, 0.15) is 0 Å². The van der Waals surface area contributed by atoms with E-state index in [0.717, 1.165) is 8.95 Å². The van der Waals surface area contributed by atoms with Crippen LogP contribution in [-0.2, 0) is 0 Å². The SMILES string of the molecule is Brc1cc2ccc(Br)c3ccc4cccc1c4c23. The molecular weight excluding hydrogens is 352 g/mol. The summed E-state index contributed by atoms with van der Waals surface area (Å²) in [6, 6.07) is 17.3. The van der Waals surface area contributed by atoms with E-state index < -0.39 is 0 Å². The van der Waals surface area contributed by atoms with Crippen molar-refractivity contribution in [1.82, 2.24) is 0 Å². The Kier molecular flexibility index (Phi) is 2.21. The standard InChI is InChI=1S/C16H8Br2/c17-13-7-5-10-8-14(18)11-3-1-2-9-4-6-12(13)16(10)15(9)11/h1-8H. The lowest BCUT2D eigenvalue weighted by Crippen LogP contribution is -1.85. The fourth-order valence-electron chi connectivity index (χ4n) is 2.75. The molecule has 0 fully saturated rings. The molecule has 0 bridgehead atoms. The number of hydrogen-bond donors (Lipinski definition) is 0. The number of halogens is 2. The number of hydrogen-bond acceptors (Lipinski definition) is 0. The van der Waals surface area contributed by atoms with Gasteiger partial charge in [-0.1, -0.05) is 68.3 Å². The van der Waals surface area contributed by atoms with Gasteiger partial charge in [-0.2, -0.15) is 0 Å². The van der Waals surface area contributed by atoms with E-state index in [1.807, 2.05) is 0 Å². The molecule has 2 heteroatoms. The van der Waals surface area contributed by atoms with Crippen LogP contribution >= 0.6 is 31.9 Å². The van der Waals surface area contributed by atoms with Gasteiger partial charge in [0.05, 0.1) is 0 Å². The minimum absolute atomic E-state index is 1.16. The van der Waals surface area contributed by atoms with Crippen molar-refractivity contribution in [2.45, 2.75) is 0 Å². The molecule has 0 N–H and O–H groups in total. The third kappa shape index (κ3) is 1.30. The van der Waals surface area contributed by atoms with Gasteiger partial charge in [0, 0.05) is 8.95 Å². The van der Waals surface area contributed by atoms with E-state index in [9.17, 15) is 0 Å². The fourth-order valence-corrected chi connectivity index (χ4v) is 3.79. The van der Waals surface area contributed by atoms with Gasteiger partial charge >= 0.3 is 0 Å². The molecule has 0 aromatic heterocycles. The monoisotopic (exact) mass is 358 g/mol. The smallest absolute Gasteiger partial charge is 0.0260 e. The van der Waals surface area contributed by atoms with Gasteiger partial charge in [-0.05, 0) is 44.5 Å². The van der Waals surface area contributed by atoms with Gasteiger partial charge in [0.25, 0.3) is 0 Å². The van der Waals surface area contributed by atoms with Crippen molar-refractivity contribution in [2.75, 3.05) is 0 Å². The second-order valence-electron chi connectivity index (χ2n) is 4.52. The first-order valence-electron chi connectivity index (χ1n) is 5.77. The van der Waals surface area contributed by atoms with E-state index in [0.29, 0.717) is 0 Å². The van der Waals surface area contributed by atoms with E-state index >= 15 is 0 Å². The summed E-state index contributed by atoms with van der Waals surface area (Å²) in [7, 11) is 0. The molecule has 0 nitrogen and oxygen atoms in total. The van der Waals surface area contributed by atoms with Gasteiger partial charge < -0.3 is 0 Å². The predicted molar refractivity (Wildman–Crippen MR) is 85.5 cm³/mol. The van der Waals surface area contributed by atoms with Crippen LogP contribution in [0.5, 0.6) is 0 Å². The van der Waals surface area contributed by atoms with E-state index in [-0.39, 0.29) is 0 Å². The number of rotatable bonds is 0. The summed E-state index contributed by atoms with van der Waals surface area (Å²) in [6.45, 7) is 0. The largest absolute Gasteiger partial charge is 0.0610 e. The van der Waals surface area contributed by atoms with Crippen molar-refractivity contribution >= 4 is 64.2 Å². The Balaban J connectivity index is 2.49. The summed E-state index contributed by atoms with van der Waals surface area (Å²) >= 11 is 7.33. The summed E-state index contributed by atoms with van der Waals surface area (Å²) < 4.78 is 2.32. The molecule has 0 spiro atoms. The van der Waals surface area contributed by atoms with Crippen LogP contribution in [0.4, 0.5) is 0 Å². The Morgan fingerprint density at radius 3 is 2.22 bits per heavy atom. The molecule has 0 aliphatic heterocycles. The first kappa shape index (κ1) is 10.8. The van der Waals surface area contributed by atoms with E-state index in [2.05, 4.69) is 80.4 Å². The molecule has 4 aromatic rings. The maximum Gasteiger partial charge on any atom is 0.0260 e. The zero-order valence-electron chi connectivity index (χ0n) is 9.37. The van der Waals surface area contributed by atoms with Gasteiger partial charge in [0.1, 0.15) is 0 Å². The van der Waals surface area contributed by atoms with Crippen molar-refractivity contribution in [3.8, 4) is 0 Å². The Labute approximate surface area is 121 Å². The molecule has 0 heterocycles. The number of benzene rings is 4. The lowest BCUT2D eigenvalue weighted by atomic mass is 9.94. The molecule has 18 heavy (non-hydrogen) atoms. The lowest BCUT2D eigenvalue weighted by Gasteiger charge is -2.12. The van der Waals surface area contributed by atoms with Crippen LogP contribution in [0, 0.1) is 0 Å². The average Bonchev–Trinajstić information content (AvgIpc) is 2.40. The van der Waals surface area contributed by atoms with E-state index in [1.165, 1.54) is 32.3 Å². The highest BCUT2D eigenvalue weighted by Crippen LogP contribution is 2.40. The normalized spacial score (nSPS) is 11.9. The summed E-state index contributed by atoms with van der Waals surface area (Å²) in [5.74, 6) is 0. The van der Waals surface area contributed by atoms with Gasteiger partial charge in [0.15, 0.2) is 0 Å². The Morgan fingerprint density at radius 2 is 1.33 bits per heavy atom. The van der Waals surface area contributed by atoms with Crippen LogP contribution < -0.4 is 0 Å². The zero-order valence-corrected chi connectivity index (χ0v) is 12.5. The van der Waals surface area contributed by atoms with E-state index in [1.54, 1.807) is 0 Å². The Hall–Kier alpha value is -1.12. The predicted octanol–water partition coefficient (Wildman–Crippen LogP) is 6.11. The van der Waals surface area contributed by atoms with Crippen molar-refractivity contribution in [2.24, 2.45) is 0 Å². The molecule has 0 saturated carbocycles. The van der Waals surface area contributed by atoms with Crippen molar-refractivity contribution in [3.05, 3.63) is 57.5 Å². The molecule has 0 aliphatic rings. The van der Waals surface area contributed by atoms with Gasteiger partial charge in [-0.3, -0.25) is 0 Å². The molecule has 86 valence electrons. The first-order valence-corrected chi connectivity index (χ1v) is 7.36. The molecule has 0 saturated heterocycles. The van der Waals surface area contributed by atoms with Crippen LogP contribution in [-0.4, -0.2) is 0 Å². The molecule has 4 aromatic carbocycles. The molecule has 0 aliphatic carbocycles. The molecule has 4 rings (SSSR count). The highest BCUT2D eigenvalue weighted by molar-refractivity contribution is 9.11. The molecule has 0 amide bonds. The Morgan fingerprint density at radius 1 is 0.611 bits per heavy atom. The van der Waals surface area contributed by atoms with E-state index in [4.69, 9.17) is 0 Å². The van der Waals surface area contributed by atoms with Gasteiger partial charge in [-0.15, -0.1) is 0 Å². The van der Waals surface area contributed by atoms with Crippen LogP contribution in [0.25, 0.3) is 32.3 Å². The molecule has 0 unspecified atom stereocenters. The summed E-state index contributed by atoms with van der Waals surface area (Å²) in [6.07, 6.45) is 0. The topological polar surface area (TPSA) is 0 Å². The van der Waals surface area contributed by atoms with Gasteiger partial charge in [-0.25, -0.2) is 0 Å². The summed E-state index contributed by atoms with van der Waals surface area (Å²) in [5, 5.41) is 7.84. The highest BCUT2D eigenvalue weighted by Gasteiger charge is 2.11. The van der Waals surface area contributed by atoms with Crippen molar-refractivity contribution in [3.63, 3.8) is 0 Å². The summed E-state index contributed by atoms with van der Waals surface area (Å²) in [4.78, 5) is 0. The fraction of sp³-hybridized carbons (Fsp3) is 0. The Bertz CT molecular complexity index is 888. The second kappa shape index (κ2) is 3.69. The average molecular weight is 360 g/mol. The second-order valence-corrected chi connectivity index (χ2v) is 6.23. The highest BCUT2D eigenvalue weighted by atomic mass is 79.9. The first-order chi connectivity index (χ1) is 8.75. The maximum absolute atomic E-state index is 3.68. The van der Waals surface area contributed by atoms with Crippen LogP contribution in [0.15, 0.2) is 57.5 Å². The maximum atomic E-state index is 3.68. The molecule has 0 radical (unpaired) electrons. The minimum Gasteiger partial charge on any atom is -0.0610 e. The quantitative estimate of drug-likeness (QED) is 0.332.